The molecule has 1 aromatic heterocycles. The van der Waals surface area contributed by atoms with Crippen molar-refractivity contribution in [1.29, 1.82) is 0 Å². The molecular weight excluding hydrogens is 321 g/mol. The molecule has 1 fully saturated rings. The van der Waals surface area contributed by atoms with E-state index >= 15 is 0 Å². The fourth-order valence-electron chi connectivity index (χ4n) is 3.40. The summed E-state index contributed by atoms with van der Waals surface area (Å²) in [4.78, 5) is 17.2. The van der Waals surface area contributed by atoms with Crippen LogP contribution in [0.2, 0.25) is 0 Å². The number of carbonyl (C=O) groups is 1. The minimum Gasteiger partial charge on any atom is -0.439 e. The first kappa shape index (κ1) is 15.9. The number of fused-ring (bicyclic) bond motifs is 1. The number of aromatic nitrogens is 1. The second-order valence-corrected chi connectivity index (χ2v) is 7.06. The van der Waals surface area contributed by atoms with Gasteiger partial charge in [0.1, 0.15) is 11.6 Å². The van der Waals surface area contributed by atoms with Crippen molar-refractivity contribution in [2.45, 2.75) is 45.0 Å². The average molecular weight is 341 g/mol. The van der Waals surface area contributed by atoms with Crippen LogP contribution in [0.25, 0.3) is 0 Å². The van der Waals surface area contributed by atoms with Crippen molar-refractivity contribution in [1.82, 2.24) is 4.98 Å². The van der Waals surface area contributed by atoms with E-state index < -0.39 is 11.4 Å². The lowest BCUT2D eigenvalue weighted by atomic mass is 9.94. The molecule has 0 radical (unpaired) electrons. The number of hydrogen-bond donors (Lipinski definition) is 2. The summed E-state index contributed by atoms with van der Waals surface area (Å²) in [5, 5.41) is 5.62. The predicted molar refractivity (Wildman–Crippen MR) is 93.5 cm³/mol. The number of rotatable bonds is 3. The van der Waals surface area contributed by atoms with Crippen molar-refractivity contribution in [2.75, 3.05) is 10.6 Å². The third-order valence-electron chi connectivity index (χ3n) is 4.72. The molecule has 4 rings (SSSR count). The number of hydrogen-bond acceptors (Lipinski definition) is 4. The van der Waals surface area contributed by atoms with E-state index in [0.29, 0.717) is 17.3 Å². The smallest absolute Gasteiger partial charge is 0.326 e. The lowest BCUT2D eigenvalue weighted by Crippen LogP contribution is -2.30. The number of carbonyl (C=O) groups excluding carboxylic acids is 1. The highest BCUT2D eigenvalue weighted by molar-refractivity contribution is 6.01. The van der Waals surface area contributed by atoms with Crippen molar-refractivity contribution in [2.24, 2.45) is 0 Å². The topological polar surface area (TPSA) is 63.2 Å². The van der Waals surface area contributed by atoms with Gasteiger partial charge in [-0.15, -0.1) is 0 Å². The fourth-order valence-corrected chi connectivity index (χ4v) is 3.40. The van der Waals surface area contributed by atoms with Crippen molar-refractivity contribution in [3.05, 3.63) is 47.2 Å². The number of halogens is 1. The van der Waals surface area contributed by atoms with E-state index in [4.69, 9.17) is 4.74 Å². The monoisotopic (exact) mass is 341 g/mol. The molecule has 1 unspecified atom stereocenters. The van der Waals surface area contributed by atoms with Crippen LogP contribution in [0.5, 0.6) is 5.75 Å². The van der Waals surface area contributed by atoms with Crippen molar-refractivity contribution in [3.8, 4) is 5.75 Å². The molecule has 1 aliphatic heterocycles. The minimum absolute atomic E-state index is 0.0770. The van der Waals surface area contributed by atoms with E-state index in [1.807, 2.05) is 38.1 Å². The van der Waals surface area contributed by atoms with E-state index in [0.717, 1.165) is 29.7 Å². The van der Waals surface area contributed by atoms with Gasteiger partial charge in [-0.3, -0.25) is 4.79 Å². The van der Waals surface area contributed by atoms with Crippen LogP contribution in [0.4, 0.5) is 15.9 Å². The van der Waals surface area contributed by atoms with Gasteiger partial charge in [0.2, 0.25) is 5.91 Å². The Morgan fingerprint density at radius 3 is 2.72 bits per heavy atom. The number of ether oxygens (including phenoxy) is 1. The Bertz CT molecular complexity index is 855. The second-order valence-electron chi connectivity index (χ2n) is 7.06. The summed E-state index contributed by atoms with van der Waals surface area (Å²) in [7, 11) is 0. The van der Waals surface area contributed by atoms with Crippen LogP contribution in [0.1, 0.15) is 36.6 Å². The van der Waals surface area contributed by atoms with Gasteiger partial charge in [-0.1, -0.05) is 6.07 Å². The standard InChI is InChI=1S/C19H20FN3O2/c1-11-8-12(2)21-16(9-11)22-17(24)19(6-7-19)13-4-5-15-14(10-13)23-18(3,20)25-15/h4-5,8-10,23H,6-7H2,1-3H3,(H,21,22,24). The van der Waals surface area contributed by atoms with Crippen molar-refractivity contribution >= 4 is 17.4 Å². The highest BCUT2D eigenvalue weighted by Gasteiger charge is 2.52. The first-order chi connectivity index (χ1) is 11.8. The number of alkyl halides is 1. The van der Waals surface area contributed by atoms with E-state index in [1.54, 1.807) is 6.07 Å². The zero-order chi connectivity index (χ0) is 17.8. The minimum atomic E-state index is -1.91. The maximum atomic E-state index is 13.9. The van der Waals surface area contributed by atoms with Gasteiger partial charge in [0.15, 0.2) is 0 Å². The molecule has 2 N–H and O–H groups in total. The number of nitrogens with zero attached hydrogens (tertiary/aromatic N) is 1. The third-order valence-corrected chi connectivity index (χ3v) is 4.72. The Balaban J connectivity index is 1.59. The quantitative estimate of drug-likeness (QED) is 0.833. The summed E-state index contributed by atoms with van der Waals surface area (Å²) in [5.41, 5.74) is 2.77. The molecule has 1 aliphatic carbocycles. The summed E-state index contributed by atoms with van der Waals surface area (Å²) >= 11 is 0. The maximum absolute atomic E-state index is 13.9. The first-order valence-corrected chi connectivity index (χ1v) is 8.35. The lowest BCUT2D eigenvalue weighted by Gasteiger charge is -2.16. The van der Waals surface area contributed by atoms with E-state index in [-0.39, 0.29) is 5.91 Å². The van der Waals surface area contributed by atoms with Crippen LogP contribution in [0.3, 0.4) is 0 Å². The highest BCUT2D eigenvalue weighted by Crippen LogP contribution is 2.51. The summed E-state index contributed by atoms with van der Waals surface area (Å²) in [6.07, 6.45) is 1.52. The van der Waals surface area contributed by atoms with Gasteiger partial charge in [0.05, 0.1) is 11.1 Å². The molecule has 1 aromatic carbocycles. The molecule has 2 heterocycles. The molecule has 2 aromatic rings. The Labute approximate surface area is 145 Å². The normalized spacial score (nSPS) is 22.6. The highest BCUT2D eigenvalue weighted by atomic mass is 19.2. The van der Waals surface area contributed by atoms with Gasteiger partial charge in [0, 0.05) is 12.6 Å². The molecule has 0 saturated heterocycles. The first-order valence-electron chi connectivity index (χ1n) is 8.35. The molecule has 6 heteroatoms. The number of aryl methyl sites for hydroxylation is 2. The van der Waals surface area contributed by atoms with Crippen LogP contribution in [0.15, 0.2) is 30.3 Å². The molecular formula is C19H20FN3O2. The van der Waals surface area contributed by atoms with Crippen LogP contribution in [0, 0.1) is 13.8 Å². The van der Waals surface area contributed by atoms with Crippen LogP contribution in [-0.2, 0) is 10.2 Å². The summed E-state index contributed by atoms with van der Waals surface area (Å²) < 4.78 is 19.1. The van der Waals surface area contributed by atoms with E-state index in [2.05, 4.69) is 15.6 Å². The number of pyridine rings is 1. The molecule has 2 aliphatic rings. The average Bonchev–Trinajstić information content (AvgIpc) is 3.23. The van der Waals surface area contributed by atoms with Crippen LogP contribution < -0.4 is 15.4 Å². The number of benzene rings is 1. The summed E-state index contributed by atoms with van der Waals surface area (Å²) in [6.45, 7) is 5.19. The molecule has 1 saturated carbocycles. The fraction of sp³-hybridized carbons (Fsp3) is 0.368. The molecule has 5 nitrogen and oxygen atoms in total. The van der Waals surface area contributed by atoms with E-state index in [9.17, 15) is 9.18 Å². The van der Waals surface area contributed by atoms with Gasteiger partial charge in [-0.2, -0.15) is 4.39 Å². The molecule has 0 bridgehead atoms. The van der Waals surface area contributed by atoms with Gasteiger partial charge >= 0.3 is 5.98 Å². The SMILES string of the molecule is Cc1cc(C)nc(NC(=O)C2(c3ccc4c(c3)NC(C)(F)O4)CC2)c1. The molecule has 0 spiro atoms. The molecule has 130 valence electrons. The number of anilines is 2. The van der Waals surface area contributed by atoms with Crippen molar-refractivity contribution < 1.29 is 13.9 Å². The van der Waals surface area contributed by atoms with Crippen LogP contribution in [-0.4, -0.2) is 16.9 Å². The molecule has 1 atom stereocenters. The summed E-state index contributed by atoms with van der Waals surface area (Å²) in [5.74, 6) is -0.969. The zero-order valence-electron chi connectivity index (χ0n) is 14.4. The van der Waals surface area contributed by atoms with E-state index in [1.165, 1.54) is 6.92 Å². The maximum Gasteiger partial charge on any atom is 0.326 e. The Hall–Kier alpha value is -2.63. The largest absolute Gasteiger partial charge is 0.439 e. The van der Waals surface area contributed by atoms with Gasteiger partial charge in [0.25, 0.3) is 0 Å². The second kappa shape index (κ2) is 5.18. The molecule has 25 heavy (non-hydrogen) atoms. The predicted octanol–water partition coefficient (Wildman–Crippen LogP) is 3.82. The van der Waals surface area contributed by atoms with Gasteiger partial charge in [-0.25, -0.2) is 4.98 Å². The Morgan fingerprint density at radius 1 is 1.28 bits per heavy atom. The van der Waals surface area contributed by atoms with Crippen molar-refractivity contribution in [3.63, 3.8) is 0 Å². The zero-order valence-corrected chi connectivity index (χ0v) is 14.4. The van der Waals surface area contributed by atoms with Crippen LogP contribution >= 0.6 is 0 Å². The third kappa shape index (κ3) is 2.81. The van der Waals surface area contributed by atoms with Gasteiger partial charge < -0.3 is 15.4 Å². The Kier molecular flexibility index (Phi) is 3.29. The lowest BCUT2D eigenvalue weighted by molar-refractivity contribution is -0.118. The molecule has 1 amide bonds. The number of amides is 1. The Morgan fingerprint density at radius 2 is 2.04 bits per heavy atom. The summed E-state index contributed by atoms with van der Waals surface area (Å²) in [6, 6.07) is 9.17. The van der Waals surface area contributed by atoms with Gasteiger partial charge in [-0.05, 0) is 62.1 Å². The number of nitrogens with one attached hydrogen (secondary N) is 2.